The van der Waals surface area contributed by atoms with Crippen LogP contribution in [0.15, 0.2) is 59.5 Å². The van der Waals surface area contributed by atoms with Crippen LogP contribution in [-0.2, 0) is 19.6 Å². The molecule has 1 fully saturated rings. The summed E-state index contributed by atoms with van der Waals surface area (Å²) < 4.78 is 43.7. The molecule has 1 unspecified atom stereocenters. The van der Waals surface area contributed by atoms with Crippen LogP contribution in [0.3, 0.4) is 0 Å². The maximum absolute atomic E-state index is 14.7. The van der Waals surface area contributed by atoms with E-state index >= 15 is 0 Å². The highest BCUT2D eigenvalue weighted by atomic mass is 32.2. The van der Waals surface area contributed by atoms with Crippen LogP contribution in [0.4, 0.5) is 4.39 Å². The zero-order chi connectivity index (χ0) is 27.4. The fourth-order valence-corrected chi connectivity index (χ4v) is 7.19. The fraction of sp³-hybridized carbons (Fsp3) is 0.370. The number of hydrogen-bond acceptors (Lipinski definition) is 7. The summed E-state index contributed by atoms with van der Waals surface area (Å²) in [7, 11) is -4.77. The monoisotopic (exact) mass is 559 g/mol. The van der Waals surface area contributed by atoms with Crippen LogP contribution < -0.4 is 10.6 Å². The van der Waals surface area contributed by atoms with Crippen LogP contribution in [0.2, 0.25) is 0 Å². The number of nitrogens with one attached hydrogen (secondary N) is 2. The van der Waals surface area contributed by atoms with Gasteiger partial charge < -0.3 is 10.6 Å². The maximum Gasteiger partial charge on any atom is 0.270 e. The van der Waals surface area contributed by atoms with Gasteiger partial charge in [0.1, 0.15) is 22.8 Å². The predicted molar refractivity (Wildman–Crippen MR) is 144 cm³/mol. The predicted octanol–water partition coefficient (Wildman–Crippen LogP) is 3.72. The lowest BCUT2D eigenvalue weighted by Gasteiger charge is -2.33. The number of halogens is 1. The first-order valence-electron chi connectivity index (χ1n) is 12.4. The minimum absolute atomic E-state index is 0.0872. The lowest BCUT2D eigenvalue weighted by atomic mass is 10.0. The second kappa shape index (κ2) is 11.7. The molecule has 3 aromatic rings. The van der Waals surface area contributed by atoms with Crippen LogP contribution in [0.1, 0.15) is 42.8 Å². The van der Waals surface area contributed by atoms with E-state index < -0.39 is 50.4 Å². The van der Waals surface area contributed by atoms with Gasteiger partial charge in [-0.05, 0) is 61.4 Å². The Morgan fingerprint density at radius 2 is 1.87 bits per heavy atom. The average molecular weight is 560 g/mol. The van der Waals surface area contributed by atoms with Crippen molar-refractivity contribution in [3.63, 3.8) is 0 Å². The van der Waals surface area contributed by atoms with Crippen molar-refractivity contribution < 1.29 is 27.2 Å². The van der Waals surface area contributed by atoms with Crippen molar-refractivity contribution in [3.05, 3.63) is 65.3 Å². The molecule has 38 heavy (non-hydrogen) atoms. The van der Waals surface area contributed by atoms with Crippen molar-refractivity contribution in [3.8, 4) is 0 Å². The van der Waals surface area contributed by atoms with E-state index in [4.69, 9.17) is 0 Å². The maximum atomic E-state index is 14.7. The lowest BCUT2D eigenvalue weighted by Crippen LogP contribution is -2.56. The van der Waals surface area contributed by atoms with Crippen molar-refractivity contribution in [1.29, 1.82) is 0 Å². The summed E-state index contributed by atoms with van der Waals surface area (Å²) in [5.74, 6) is -3.11. The summed E-state index contributed by atoms with van der Waals surface area (Å²) in [4.78, 5) is 40.0. The quantitative estimate of drug-likeness (QED) is 0.435. The molecule has 1 saturated heterocycles. The lowest BCUT2D eigenvalue weighted by molar-refractivity contribution is -0.135. The Morgan fingerprint density at radius 3 is 2.58 bits per heavy atom. The molecule has 0 saturated carbocycles. The number of benzene rings is 2. The number of carbonyl (C=O) groups excluding carboxylic acids is 3. The highest BCUT2D eigenvalue weighted by molar-refractivity contribution is 7.89. The molecule has 2 aromatic carbocycles. The number of fused-ring (bicyclic) bond motifs is 1. The van der Waals surface area contributed by atoms with E-state index in [0.29, 0.717) is 22.1 Å². The van der Waals surface area contributed by atoms with Gasteiger partial charge in [0, 0.05) is 4.70 Å². The number of Topliss-reactive ketones (excluding diaryl/α,β-unsaturated/α-hetero) is 1. The van der Waals surface area contributed by atoms with Crippen molar-refractivity contribution in [1.82, 2.24) is 14.9 Å². The van der Waals surface area contributed by atoms with Crippen LogP contribution in [-0.4, -0.2) is 55.5 Å². The molecule has 1 aliphatic rings. The second-order valence-corrected chi connectivity index (χ2v) is 12.5. The normalized spacial score (nSPS) is 17.3. The average Bonchev–Trinajstić information content (AvgIpc) is 3.21. The molecule has 8 nitrogen and oxygen atoms in total. The molecule has 0 bridgehead atoms. The van der Waals surface area contributed by atoms with Gasteiger partial charge in [-0.15, -0.1) is 11.3 Å². The smallest absolute Gasteiger partial charge is 0.270 e. The highest BCUT2D eigenvalue weighted by Crippen LogP contribution is 2.28. The van der Waals surface area contributed by atoms with Gasteiger partial charge in [0.25, 0.3) is 21.8 Å². The van der Waals surface area contributed by atoms with Gasteiger partial charge in [-0.3, -0.25) is 14.4 Å². The molecule has 0 radical (unpaired) electrons. The third-order valence-electron chi connectivity index (χ3n) is 6.34. The zero-order valence-corrected chi connectivity index (χ0v) is 22.8. The molecule has 11 heteroatoms. The van der Waals surface area contributed by atoms with E-state index in [1.54, 1.807) is 6.07 Å². The van der Waals surface area contributed by atoms with E-state index in [0.717, 1.165) is 22.2 Å². The minimum Gasteiger partial charge on any atom is -0.339 e. The van der Waals surface area contributed by atoms with Gasteiger partial charge >= 0.3 is 0 Å². The summed E-state index contributed by atoms with van der Waals surface area (Å²) in [5.41, 5.74) is 0. The molecule has 2 atom stereocenters. The number of ketones is 1. The summed E-state index contributed by atoms with van der Waals surface area (Å²) in [6, 6.07) is 11.3. The Morgan fingerprint density at radius 1 is 1.16 bits per heavy atom. The van der Waals surface area contributed by atoms with Crippen molar-refractivity contribution in [2.45, 2.75) is 50.1 Å². The van der Waals surface area contributed by atoms with E-state index in [1.807, 2.05) is 38.1 Å². The third kappa shape index (κ3) is 5.95. The molecule has 0 spiro atoms. The van der Waals surface area contributed by atoms with E-state index in [2.05, 4.69) is 10.6 Å². The second-order valence-electron chi connectivity index (χ2n) is 9.67. The molecule has 4 rings (SSSR count). The van der Waals surface area contributed by atoms with Crippen LogP contribution in [0.25, 0.3) is 10.1 Å². The molecule has 1 aliphatic heterocycles. The summed E-state index contributed by atoms with van der Waals surface area (Å²) >= 11 is 1.25. The van der Waals surface area contributed by atoms with E-state index in [-0.39, 0.29) is 25.3 Å². The standard InChI is InChI=1S/C27H30FN3O5S2/c1-17(2)14-20(30-26(33)24-15-18-8-3-5-11-23(18)37-24)27(34)31(21-10-7-13-29-16-22(21)32)38(35,36)25-12-6-4-9-19(25)28/h3-6,8-9,11-12,15,17,20-21,29H,7,10,13-14,16H2,1-2H3,(H,30,33)/t20-,21?/m0/s1. The number of rotatable bonds is 8. The number of hydrogen-bond donors (Lipinski definition) is 2. The van der Waals surface area contributed by atoms with Gasteiger partial charge in [-0.2, -0.15) is 0 Å². The van der Waals surface area contributed by atoms with Gasteiger partial charge in [-0.25, -0.2) is 17.1 Å². The fourth-order valence-electron chi connectivity index (χ4n) is 4.53. The zero-order valence-electron chi connectivity index (χ0n) is 21.1. The Bertz CT molecular complexity index is 1420. The Kier molecular flexibility index (Phi) is 8.59. The third-order valence-corrected chi connectivity index (χ3v) is 9.29. The first kappa shape index (κ1) is 27.9. The summed E-state index contributed by atoms with van der Waals surface area (Å²) in [6.45, 7) is 4.02. The number of sulfonamides is 1. The Hall–Kier alpha value is -3.15. The number of nitrogens with zero attached hydrogens (tertiary/aromatic N) is 1. The molecule has 2 heterocycles. The van der Waals surface area contributed by atoms with E-state index in [9.17, 15) is 27.2 Å². The van der Waals surface area contributed by atoms with Gasteiger partial charge in [-0.1, -0.05) is 44.2 Å². The van der Waals surface area contributed by atoms with Crippen LogP contribution in [0.5, 0.6) is 0 Å². The van der Waals surface area contributed by atoms with Crippen molar-refractivity contribution in [2.75, 3.05) is 13.1 Å². The molecule has 2 amide bonds. The van der Waals surface area contributed by atoms with E-state index in [1.165, 1.54) is 23.5 Å². The SMILES string of the molecule is CC(C)C[C@H](NC(=O)c1cc2ccccc2s1)C(=O)N(C1CCCNCC1=O)S(=O)(=O)c1ccccc1F. The van der Waals surface area contributed by atoms with Gasteiger partial charge in [0.2, 0.25) is 0 Å². The van der Waals surface area contributed by atoms with Gasteiger partial charge in [0.05, 0.1) is 11.4 Å². The van der Waals surface area contributed by atoms with Crippen LogP contribution >= 0.6 is 11.3 Å². The number of thiophene rings is 1. The molecule has 1 aromatic heterocycles. The van der Waals surface area contributed by atoms with Crippen LogP contribution in [0, 0.1) is 11.7 Å². The number of amides is 2. The molecule has 2 N–H and O–H groups in total. The highest BCUT2D eigenvalue weighted by Gasteiger charge is 2.43. The van der Waals surface area contributed by atoms with Crippen molar-refractivity contribution >= 4 is 49.0 Å². The largest absolute Gasteiger partial charge is 0.339 e. The molecule has 202 valence electrons. The number of carbonyl (C=O) groups is 3. The first-order chi connectivity index (χ1) is 18.1. The molecule has 0 aliphatic carbocycles. The first-order valence-corrected chi connectivity index (χ1v) is 14.7. The Labute approximate surface area is 225 Å². The Balaban J connectivity index is 1.74. The minimum atomic E-state index is -4.77. The van der Waals surface area contributed by atoms with Gasteiger partial charge in [0.15, 0.2) is 5.78 Å². The topological polar surface area (TPSA) is 113 Å². The molecular formula is C27H30FN3O5S2. The van der Waals surface area contributed by atoms with Crippen molar-refractivity contribution in [2.24, 2.45) is 5.92 Å². The molecular weight excluding hydrogens is 529 g/mol. The summed E-state index contributed by atoms with van der Waals surface area (Å²) in [6.07, 6.45) is 0.651. The summed E-state index contributed by atoms with van der Waals surface area (Å²) in [5, 5.41) is 6.51.